The summed E-state index contributed by atoms with van der Waals surface area (Å²) in [6.45, 7) is 3.90. The lowest BCUT2D eigenvalue weighted by Crippen LogP contribution is -2.14. The fraction of sp³-hybridized carbons (Fsp3) is 0.500. The van der Waals surface area contributed by atoms with E-state index >= 15 is 0 Å². The average molecular weight is 152 g/mol. The molecule has 1 N–H and O–H groups in total. The van der Waals surface area contributed by atoms with Gasteiger partial charge in [-0.05, 0) is 6.42 Å². The van der Waals surface area contributed by atoms with Gasteiger partial charge in [-0.1, -0.05) is 13.8 Å². The van der Waals surface area contributed by atoms with Crippen molar-refractivity contribution in [2.75, 3.05) is 0 Å². The van der Waals surface area contributed by atoms with E-state index in [0.29, 0.717) is 0 Å². The molecule has 0 bridgehead atoms. The molecule has 1 heterocycles. The number of nitrogens with one attached hydrogen (secondary N) is 1. The molecule has 0 radical (unpaired) electrons. The van der Waals surface area contributed by atoms with Gasteiger partial charge >= 0.3 is 0 Å². The Morgan fingerprint density at radius 1 is 1.45 bits per heavy atom. The van der Waals surface area contributed by atoms with Gasteiger partial charge in [0.2, 0.25) is 0 Å². The topological polar surface area (TPSA) is 45.8 Å². The molecule has 0 atom stereocenters. The number of aromatic nitrogens is 2. The number of aryl methyl sites for hydroxylation is 2. The maximum absolute atomic E-state index is 11.1. The molecule has 0 amide bonds. The first-order valence-corrected chi connectivity index (χ1v) is 3.85. The van der Waals surface area contributed by atoms with Crippen LogP contribution in [0.5, 0.6) is 0 Å². The fourth-order valence-corrected chi connectivity index (χ4v) is 0.890. The summed E-state index contributed by atoms with van der Waals surface area (Å²) < 4.78 is 0. The Hall–Kier alpha value is -1.12. The molecule has 0 unspecified atom stereocenters. The second-order valence-electron chi connectivity index (χ2n) is 2.39. The van der Waals surface area contributed by atoms with Crippen LogP contribution in [0, 0.1) is 0 Å². The highest BCUT2D eigenvalue weighted by Crippen LogP contribution is 1.90. The number of rotatable bonds is 2. The van der Waals surface area contributed by atoms with Gasteiger partial charge < -0.3 is 4.98 Å². The molecule has 0 saturated carbocycles. The van der Waals surface area contributed by atoms with Crippen molar-refractivity contribution in [2.45, 2.75) is 26.7 Å². The lowest BCUT2D eigenvalue weighted by Gasteiger charge is -1.96. The minimum absolute atomic E-state index is 0.000602. The summed E-state index contributed by atoms with van der Waals surface area (Å²) >= 11 is 0. The standard InChI is InChI=1S/C8H12N2O/c1-3-6-5-9-7(4-2)10-8(6)11/h5H,3-4H2,1-2H3,(H,9,10,11). The number of aromatic amines is 1. The van der Waals surface area contributed by atoms with Crippen molar-refractivity contribution < 1.29 is 0 Å². The van der Waals surface area contributed by atoms with Crippen LogP contribution in [0.1, 0.15) is 25.2 Å². The largest absolute Gasteiger partial charge is 0.310 e. The zero-order chi connectivity index (χ0) is 8.27. The third-order valence-corrected chi connectivity index (χ3v) is 1.64. The predicted octanol–water partition coefficient (Wildman–Crippen LogP) is 0.895. The quantitative estimate of drug-likeness (QED) is 0.684. The Morgan fingerprint density at radius 2 is 2.18 bits per heavy atom. The maximum Gasteiger partial charge on any atom is 0.254 e. The Kier molecular flexibility index (Phi) is 2.41. The van der Waals surface area contributed by atoms with Crippen LogP contribution in [0.4, 0.5) is 0 Å². The minimum Gasteiger partial charge on any atom is -0.310 e. The molecule has 0 aliphatic rings. The summed E-state index contributed by atoms with van der Waals surface area (Å²) in [4.78, 5) is 17.9. The highest BCUT2D eigenvalue weighted by atomic mass is 16.1. The summed E-state index contributed by atoms with van der Waals surface area (Å²) in [6.07, 6.45) is 3.17. The smallest absolute Gasteiger partial charge is 0.254 e. The summed E-state index contributed by atoms with van der Waals surface area (Å²) in [7, 11) is 0. The zero-order valence-corrected chi connectivity index (χ0v) is 6.85. The van der Waals surface area contributed by atoms with Gasteiger partial charge in [0, 0.05) is 18.2 Å². The molecular formula is C8H12N2O. The van der Waals surface area contributed by atoms with Crippen molar-refractivity contribution in [1.82, 2.24) is 9.97 Å². The minimum atomic E-state index is -0.000602. The van der Waals surface area contributed by atoms with Crippen LogP contribution in [0.15, 0.2) is 11.0 Å². The van der Waals surface area contributed by atoms with E-state index in [0.717, 1.165) is 24.2 Å². The highest BCUT2D eigenvalue weighted by Gasteiger charge is 1.97. The number of H-pyrrole nitrogens is 1. The molecule has 0 spiro atoms. The normalized spacial score (nSPS) is 10.0. The van der Waals surface area contributed by atoms with E-state index in [-0.39, 0.29) is 5.56 Å². The van der Waals surface area contributed by atoms with Gasteiger partial charge in [-0.3, -0.25) is 4.79 Å². The number of nitrogens with zero attached hydrogens (tertiary/aromatic N) is 1. The molecule has 3 nitrogen and oxygen atoms in total. The number of hydrogen-bond donors (Lipinski definition) is 1. The summed E-state index contributed by atoms with van der Waals surface area (Å²) in [5.41, 5.74) is 0.751. The molecule has 0 aromatic carbocycles. The van der Waals surface area contributed by atoms with Crippen molar-refractivity contribution >= 4 is 0 Å². The summed E-state index contributed by atoms with van der Waals surface area (Å²) in [5, 5.41) is 0. The van der Waals surface area contributed by atoms with Gasteiger partial charge in [0.1, 0.15) is 5.82 Å². The van der Waals surface area contributed by atoms with E-state index in [9.17, 15) is 4.79 Å². The van der Waals surface area contributed by atoms with Crippen LogP contribution in [-0.2, 0) is 12.8 Å². The van der Waals surface area contributed by atoms with Gasteiger partial charge in [-0.25, -0.2) is 4.98 Å². The number of hydrogen-bond acceptors (Lipinski definition) is 2. The summed E-state index contributed by atoms with van der Waals surface area (Å²) in [6, 6.07) is 0. The van der Waals surface area contributed by atoms with Gasteiger partial charge in [-0.2, -0.15) is 0 Å². The molecule has 1 rings (SSSR count). The van der Waals surface area contributed by atoms with Crippen LogP contribution in [0.2, 0.25) is 0 Å². The Bertz CT molecular complexity index is 290. The van der Waals surface area contributed by atoms with Crippen LogP contribution in [0.3, 0.4) is 0 Å². The lowest BCUT2D eigenvalue weighted by molar-refractivity contribution is 0.889. The van der Waals surface area contributed by atoms with Crippen LogP contribution < -0.4 is 5.56 Å². The molecule has 0 saturated heterocycles. The third kappa shape index (κ3) is 1.67. The van der Waals surface area contributed by atoms with Crippen molar-refractivity contribution in [3.8, 4) is 0 Å². The first-order valence-electron chi connectivity index (χ1n) is 3.85. The van der Waals surface area contributed by atoms with E-state index in [2.05, 4.69) is 9.97 Å². The predicted molar refractivity (Wildman–Crippen MR) is 43.6 cm³/mol. The molecule has 60 valence electrons. The van der Waals surface area contributed by atoms with E-state index in [4.69, 9.17) is 0 Å². The van der Waals surface area contributed by atoms with Crippen LogP contribution >= 0.6 is 0 Å². The second-order valence-corrected chi connectivity index (χ2v) is 2.39. The van der Waals surface area contributed by atoms with Crippen LogP contribution in [0.25, 0.3) is 0 Å². The van der Waals surface area contributed by atoms with Gasteiger partial charge in [0.15, 0.2) is 0 Å². The third-order valence-electron chi connectivity index (χ3n) is 1.64. The maximum atomic E-state index is 11.1. The average Bonchev–Trinajstić information content (AvgIpc) is 2.04. The zero-order valence-electron chi connectivity index (χ0n) is 6.85. The second kappa shape index (κ2) is 3.32. The van der Waals surface area contributed by atoms with Crippen molar-refractivity contribution in [3.63, 3.8) is 0 Å². The van der Waals surface area contributed by atoms with Crippen LogP contribution in [-0.4, -0.2) is 9.97 Å². The fourth-order valence-electron chi connectivity index (χ4n) is 0.890. The molecular weight excluding hydrogens is 140 g/mol. The first kappa shape index (κ1) is 7.98. The molecule has 0 aliphatic heterocycles. The molecule has 3 heteroatoms. The highest BCUT2D eigenvalue weighted by molar-refractivity contribution is 5.05. The molecule has 11 heavy (non-hydrogen) atoms. The van der Waals surface area contributed by atoms with Crippen molar-refractivity contribution in [1.29, 1.82) is 0 Å². The van der Waals surface area contributed by atoms with E-state index in [1.807, 2.05) is 13.8 Å². The molecule has 1 aromatic heterocycles. The Morgan fingerprint density at radius 3 is 2.64 bits per heavy atom. The van der Waals surface area contributed by atoms with Gasteiger partial charge in [-0.15, -0.1) is 0 Å². The first-order chi connectivity index (χ1) is 5.27. The Balaban J connectivity index is 3.10. The monoisotopic (exact) mass is 152 g/mol. The molecule has 1 aromatic rings. The SMILES string of the molecule is CCc1ncc(CC)c(=O)[nH]1. The van der Waals surface area contributed by atoms with Gasteiger partial charge in [0.05, 0.1) is 0 Å². The molecule has 0 aliphatic carbocycles. The Labute approximate surface area is 65.5 Å². The van der Waals surface area contributed by atoms with E-state index in [1.54, 1.807) is 6.20 Å². The molecule has 0 fully saturated rings. The van der Waals surface area contributed by atoms with Gasteiger partial charge in [0.25, 0.3) is 5.56 Å². The summed E-state index contributed by atoms with van der Waals surface area (Å²) in [5.74, 6) is 0.757. The van der Waals surface area contributed by atoms with E-state index < -0.39 is 0 Å². The van der Waals surface area contributed by atoms with Crippen molar-refractivity contribution in [3.05, 3.63) is 27.9 Å². The van der Waals surface area contributed by atoms with E-state index in [1.165, 1.54) is 0 Å². The lowest BCUT2D eigenvalue weighted by atomic mass is 10.2. The van der Waals surface area contributed by atoms with Crippen molar-refractivity contribution in [2.24, 2.45) is 0 Å².